The molecule has 31 heavy (non-hydrogen) atoms. The number of nitrogens with one attached hydrogen (secondary N) is 2. The van der Waals surface area contributed by atoms with E-state index in [1.54, 1.807) is 25.2 Å². The molecule has 2 N–H and O–H groups in total. The van der Waals surface area contributed by atoms with E-state index in [2.05, 4.69) is 15.5 Å². The number of aromatic amines is 1. The van der Waals surface area contributed by atoms with Crippen molar-refractivity contribution in [3.8, 4) is 17.0 Å². The lowest BCUT2D eigenvalue weighted by molar-refractivity contribution is 0.0504. The Morgan fingerprint density at radius 3 is 2.94 bits per heavy atom. The summed E-state index contributed by atoms with van der Waals surface area (Å²) in [4.78, 5) is 27.3. The molecule has 0 radical (unpaired) electrons. The summed E-state index contributed by atoms with van der Waals surface area (Å²) in [6.45, 7) is 1.82. The molecule has 3 aromatic rings. The molecule has 0 spiro atoms. The Morgan fingerprint density at radius 1 is 1.26 bits per heavy atom. The maximum atomic E-state index is 12.8. The minimum Gasteiger partial charge on any atom is -0.497 e. The summed E-state index contributed by atoms with van der Waals surface area (Å²) in [5.74, 6) is 0.377. The van der Waals surface area contributed by atoms with Crippen LogP contribution in [-0.2, 0) is 11.3 Å². The zero-order chi connectivity index (χ0) is 21.8. The highest BCUT2D eigenvalue weighted by molar-refractivity contribution is 5.94. The van der Waals surface area contributed by atoms with Crippen LogP contribution in [0.25, 0.3) is 11.3 Å². The standard InChI is InChI=1S/C22H25N5O4/c1-30-10-9-27-16(14-26-8-4-7-20(26)22(27)29)13-23-21(28)19-12-18(24-25-19)15-5-3-6-17(11-15)31-2/h3-8,11-12,16H,9-10,13-14H2,1-2H3,(H,23,28)(H,24,25). The van der Waals surface area contributed by atoms with Crippen LogP contribution in [0.5, 0.6) is 5.75 Å². The second-order valence-corrected chi connectivity index (χ2v) is 7.30. The minimum absolute atomic E-state index is 0.0607. The van der Waals surface area contributed by atoms with E-state index in [9.17, 15) is 9.59 Å². The number of ether oxygens (including phenoxy) is 2. The van der Waals surface area contributed by atoms with E-state index in [-0.39, 0.29) is 17.9 Å². The SMILES string of the molecule is COCCN1C(=O)c2cccn2CC1CNC(=O)c1cc(-c2cccc(OC)c2)n[nH]1. The van der Waals surface area contributed by atoms with Gasteiger partial charge in [-0.2, -0.15) is 5.10 Å². The van der Waals surface area contributed by atoms with Crippen molar-refractivity contribution in [1.29, 1.82) is 0 Å². The van der Waals surface area contributed by atoms with Crippen molar-refractivity contribution in [2.75, 3.05) is 33.9 Å². The van der Waals surface area contributed by atoms with Gasteiger partial charge in [0.05, 0.1) is 25.5 Å². The second kappa shape index (κ2) is 9.05. The number of amides is 2. The molecule has 0 saturated carbocycles. The molecule has 1 aliphatic rings. The highest BCUT2D eigenvalue weighted by atomic mass is 16.5. The first-order valence-electron chi connectivity index (χ1n) is 10.0. The Balaban J connectivity index is 1.44. The van der Waals surface area contributed by atoms with Crippen molar-refractivity contribution in [2.45, 2.75) is 12.6 Å². The monoisotopic (exact) mass is 423 g/mol. The first-order valence-corrected chi connectivity index (χ1v) is 10.0. The third-order valence-electron chi connectivity index (χ3n) is 5.38. The summed E-state index contributed by atoms with van der Waals surface area (Å²) in [5.41, 5.74) is 2.49. The third-order valence-corrected chi connectivity index (χ3v) is 5.38. The molecule has 1 atom stereocenters. The molecule has 2 amide bonds. The Kier molecular flexibility index (Phi) is 6.03. The van der Waals surface area contributed by atoms with Crippen LogP contribution in [0.2, 0.25) is 0 Å². The van der Waals surface area contributed by atoms with E-state index in [1.807, 2.05) is 47.2 Å². The Morgan fingerprint density at radius 2 is 2.13 bits per heavy atom. The number of hydrogen-bond donors (Lipinski definition) is 2. The van der Waals surface area contributed by atoms with Crippen LogP contribution in [0.1, 0.15) is 21.0 Å². The summed E-state index contributed by atoms with van der Waals surface area (Å²) in [7, 11) is 3.21. The second-order valence-electron chi connectivity index (χ2n) is 7.30. The first kappa shape index (κ1) is 20.7. The molecule has 1 aliphatic heterocycles. The fourth-order valence-corrected chi connectivity index (χ4v) is 3.73. The lowest BCUT2D eigenvalue weighted by Crippen LogP contribution is -2.53. The van der Waals surface area contributed by atoms with Gasteiger partial charge in [0.15, 0.2) is 0 Å². The zero-order valence-electron chi connectivity index (χ0n) is 17.5. The van der Waals surface area contributed by atoms with Crippen molar-refractivity contribution in [3.63, 3.8) is 0 Å². The molecule has 0 saturated heterocycles. The summed E-state index contributed by atoms with van der Waals surface area (Å²) in [6, 6.07) is 12.7. The summed E-state index contributed by atoms with van der Waals surface area (Å²) < 4.78 is 12.3. The van der Waals surface area contributed by atoms with E-state index >= 15 is 0 Å². The zero-order valence-corrected chi connectivity index (χ0v) is 17.5. The van der Waals surface area contributed by atoms with Crippen LogP contribution >= 0.6 is 0 Å². The van der Waals surface area contributed by atoms with Gasteiger partial charge in [-0.3, -0.25) is 14.7 Å². The first-order chi connectivity index (χ1) is 15.1. The quantitative estimate of drug-likeness (QED) is 0.575. The van der Waals surface area contributed by atoms with E-state index in [1.165, 1.54) is 0 Å². The average Bonchev–Trinajstić information content (AvgIpc) is 3.47. The van der Waals surface area contributed by atoms with Crippen LogP contribution in [0.15, 0.2) is 48.7 Å². The van der Waals surface area contributed by atoms with Gasteiger partial charge in [0, 0.05) is 38.5 Å². The Labute approximate surface area is 180 Å². The van der Waals surface area contributed by atoms with Gasteiger partial charge in [0.1, 0.15) is 17.1 Å². The van der Waals surface area contributed by atoms with E-state index in [4.69, 9.17) is 9.47 Å². The van der Waals surface area contributed by atoms with E-state index in [0.29, 0.717) is 49.1 Å². The molecular weight excluding hydrogens is 398 g/mol. The van der Waals surface area contributed by atoms with Crippen molar-refractivity contribution in [1.82, 2.24) is 25.0 Å². The highest BCUT2D eigenvalue weighted by Gasteiger charge is 2.32. The van der Waals surface area contributed by atoms with Crippen molar-refractivity contribution < 1.29 is 19.1 Å². The predicted octanol–water partition coefficient (Wildman–Crippen LogP) is 1.79. The highest BCUT2D eigenvalue weighted by Crippen LogP contribution is 2.23. The van der Waals surface area contributed by atoms with Crippen molar-refractivity contribution >= 4 is 11.8 Å². The van der Waals surface area contributed by atoms with Crippen molar-refractivity contribution in [3.05, 3.63) is 60.0 Å². The fraction of sp³-hybridized carbons (Fsp3) is 0.318. The van der Waals surface area contributed by atoms with Gasteiger partial charge < -0.3 is 24.3 Å². The topological polar surface area (TPSA) is 101 Å². The van der Waals surface area contributed by atoms with Gasteiger partial charge in [0.2, 0.25) is 0 Å². The number of nitrogens with zero attached hydrogens (tertiary/aromatic N) is 3. The molecular formula is C22H25N5O4. The number of carbonyl (C=O) groups excluding carboxylic acids is 2. The molecule has 1 unspecified atom stereocenters. The van der Waals surface area contributed by atoms with Crippen LogP contribution in [0.4, 0.5) is 0 Å². The van der Waals surface area contributed by atoms with Crippen LogP contribution < -0.4 is 10.1 Å². The normalized spacial score (nSPS) is 15.6. The van der Waals surface area contributed by atoms with E-state index < -0.39 is 0 Å². The van der Waals surface area contributed by atoms with Crippen LogP contribution in [0, 0.1) is 0 Å². The Bertz CT molecular complexity index is 1070. The predicted molar refractivity (Wildman–Crippen MR) is 114 cm³/mol. The maximum absolute atomic E-state index is 12.8. The number of H-pyrrole nitrogens is 1. The number of fused-ring (bicyclic) bond motifs is 1. The molecule has 1 aromatic carbocycles. The molecule has 0 fully saturated rings. The fourth-order valence-electron chi connectivity index (χ4n) is 3.73. The number of rotatable bonds is 8. The van der Waals surface area contributed by atoms with Gasteiger partial charge >= 0.3 is 0 Å². The lowest BCUT2D eigenvalue weighted by Gasteiger charge is -2.36. The number of methoxy groups -OCH3 is 2. The molecule has 3 heterocycles. The van der Waals surface area contributed by atoms with Crippen LogP contribution in [-0.4, -0.2) is 71.4 Å². The molecule has 9 heteroatoms. The van der Waals surface area contributed by atoms with Gasteiger partial charge in [-0.1, -0.05) is 12.1 Å². The minimum atomic E-state index is -0.279. The summed E-state index contributed by atoms with van der Waals surface area (Å²) >= 11 is 0. The number of hydrogen-bond acceptors (Lipinski definition) is 5. The number of aromatic nitrogens is 3. The molecule has 162 valence electrons. The maximum Gasteiger partial charge on any atom is 0.270 e. The van der Waals surface area contributed by atoms with Crippen molar-refractivity contribution in [2.24, 2.45) is 0 Å². The largest absolute Gasteiger partial charge is 0.497 e. The van der Waals surface area contributed by atoms with E-state index in [0.717, 1.165) is 5.56 Å². The van der Waals surface area contributed by atoms with Gasteiger partial charge in [-0.15, -0.1) is 0 Å². The van der Waals surface area contributed by atoms with Gasteiger partial charge in [-0.25, -0.2) is 0 Å². The smallest absolute Gasteiger partial charge is 0.270 e. The Hall–Kier alpha value is -3.59. The lowest BCUT2D eigenvalue weighted by atomic mass is 10.1. The number of benzene rings is 1. The third kappa shape index (κ3) is 4.31. The van der Waals surface area contributed by atoms with Gasteiger partial charge in [-0.05, 0) is 30.3 Å². The molecule has 0 aliphatic carbocycles. The number of carbonyl (C=O) groups is 2. The summed E-state index contributed by atoms with van der Waals surface area (Å²) in [5, 5.41) is 9.95. The molecule has 9 nitrogen and oxygen atoms in total. The van der Waals surface area contributed by atoms with Gasteiger partial charge in [0.25, 0.3) is 11.8 Å². The average molecular weight is 423 g/mol. The molecule has 0 bridgehead atoms. The summed E-state index contributed by atoms with van der Waals surface area (Å²) in [6.07, 6.45) is 1.88. The van der Waals surface area contributed by atoms with Crippen LogP contribution in [0.3, 0.4) is 0 Å². The molecule has 4 rings (SSSR count). The molecule has 2 aromatic heterocycles.